The minimum Gasteiger partial charge on any atom is -0.321 e. The van der Waals surface area contributed by atoms with Crippen LogP contribution in [0, 0.1) is 6.92 Å². The van der Waals surface area contributed by atoms with Crippen molar-refractivity contribution >= 4 is 57.5 Å². The fourth-order valence-electron chi connectivity index (χ4n) is 3.90. The number of rotatable bonds is 3. The van der Waals surface area contributed by atoms with Crippen LogP contribution in [-0.2, 0) is 13.0 Å². The second-order valence-corrected chi connectivity index (χ2v) is 9.97. The fourth-order valence-corrected chi connectivity index (χ4v) is 5.90. The van der Waals surface area contributed by atoms with Gasteiger partial charge in [-0.3, -0.25) is 9.59 Å². The van der Waals surface area contributed by atoms with Gasteiger partial charge in [0.25, 0.3) is 11.8 Å². The summed E-state index contributed by atoms with van der Waals surface area (Å²) in [6.45, 7) is 2.40. The lowest BCUT2D eigenvalue weighted by Crippen LogP contribution is -2.30. The Labute approximate surface area is 199 Å². The van der Waals surface area contributed by atoms with Crippen LogP contribution in [0.15, 0.2) is 65.4 Å². The number of hydrogen-bond donors (Lipinski definition) is 1. The summed E-state index contributed by atoms with van der Waals surface area (Å²) in [4.78, 5) is 29.8. The second kappa shape index (κ2) is 8.54. The maximum atomic E-state index is 13.6. The molecule has 5 rings (SSSR count). The van der Waals surface area contributed by atoms with Crippen molar-refractivity contribution in [1.29, 1.82) is 0 Å². The summed E-state index contributed by atoms with van der Waals surface area (Å²) >= 11 is 9.65. The van der Waals surface area contributed by atoms with E-state index in [1.807, 2.05) is 36.6 Å². The van der Waals surface area contributed by atoms with E-state index in [0.29, 0.717) is 27.7 Å². The van der Waals surface area contributed by atoms with Crippen molar-refractivity contribution < 1.29 is 9.59 Å². The second-order valence-electron chi connectivity index (χ2n) is 7.65. The van der Waals surface area contributed by atoms with Gasteiger partial charge in [0, 0.05) is 22.7 Å². The van der Waals surface area contributed by atoms with Crippen LogP contribution in [0.25, 0.3) is 0 Å². The molecule has 32 heavy (non-hydrogen) atoms. The number of aryl methyl sites for hydroxylation is 1. The zero-order chi connectivity index (χ0) is 22.2. The van der Waals surface area contributed by atoms with Gasteiger partial charge in [0.05, 0.1) is 22.0 Å². The summed E-state index contributed by atoms with van der Waals surface area (Å²) in [7, 11) is 0. The predicted molar refractivity (Wildman–Crippen MR) is 133 cm³/mol. The Morgan fingerprint density at radius 3 is 2.59 bits per heavy atom. The number of anilines is 2. The van der Waals surface area contributed by atoms with Gasteiger partial charge >= 0.3 is 0 Å². The van der Waals surface area contributed by atoms with Crippen LogP contribution in [0.4, 0.5) is 11.4 Å². The number of hydrogen-bond acceptors (Lipinski definition) is 4. The standard InChI is InChI=1S/C25H19ClN2O2S2/c1-15-8-10-32-23(15)24(29)27-18-6-7-19(20(26)13-18)25(30)28-14-17-9-11-31-22(17)12-16-4-2-3-5-21(16)28/h2-11,13H,12,14H2,1H3,(H,27,29). The van der Waals surface area contributed by atoms with E-state index in [-0.39, 0.29) is 11.8 Å². The highest BCUT2D eigenvalue weighted by atomic mass is 35.5. The lowest BCUT2D eigenvalue weighted by Gasteiger charge is -2.24. The van der Waals surface area contributed by atoms with Gasteiger partial charge < -0.3 is 10.2 Å². The number of thiophene rings is 2. The Morgan fingerprint density at radius 2 is 1.81 bits per heavy atom. The molecule has 1 aliphatic rings. The molecule has 4 aromatic rings. The van der Waals surface area contributed by atoms with Crippen LogP contribution in [0.1, 0.15) is 41.6 Å². The summed E-state index contributed by atoms with van der Waals surface area (Å²) in [5.41, 5.74) is 5.07. The van der Waals surface area contributed by atoms with Crippen molar-refractivity contribution in [3.05, 3.63) is 102 Å². The number of nitrogens with one attached hydrogen (secondary N) is 1. The van der Waals surface area contributed by atoms with E-state index in [9.17, 15) is 9.59 Å². The molecule has 7 heteroatoms. The van der Waals surface area contributed by atoms with E-state index >= 15 is 0 Å². The number of amides is 2. The Bertz CT molecular complexity index is 1340. The predicted octanol–water partition coefficient (Wildman–Crippen LogP) is 6.77. The van der Waals surface area contributed by atoms with Gasteiger partial charge in [-0.15, -0.1) is 22.7 Å². The minimum atomic E-state index is -0.181. The SMILES string of the molecule is Cc1ccsc1C(=O)Nc1ccc(C(=O)N2Cc3ccsc3Cc3ccccc32)c(Cl)c1. The van der Waals surface area contributed by atoms with Crippen LogP contribution >= 0.6 is 34.3 Å². The smallest absolute Gasteiger partial charge is 0.265 e. The first-order valence-electron chi connectivity index (χ1n) is 10.1. The van der Waals surface area contributed by atoms with E-state index in [2.05, 4.69) is 22.8 Å². The normalized spacial score (nSPS) is 12.6. The van der Waals surface area contributed by atoms with Crippen LogP contribution in [-0.4, -0.2) is 11.8 Å². The van der Waals surface area contributed by atoms with Crippen molar-refractivity contribution in [3.8, 4) is 0 Å². The third-order valence-electron chi connectivity index (χ3n) is 5.57. The van der Waals surface area contributed by atoms with Gasteiger partial charge in [-0.25, -0.2) is 0 Å². The molecule has 0 atom stereocenters. The molecule has 0 radical (unpaired) electrons. The maximum Gasteiger partial charge on any atom is 0.265 e. The molecule has 2 aromatic heterocycles. The molecule has 0 bridgehead atoms. The van der Waals surface area contributed by atoms with E-state index in [1.54, 1.807) is 34.4 Å². The molecule has 2 aromatic carbocycles. The molecule has 0 aliphatic carbocycles. The van der Waals surface area contributed by atoms with Gasteiger partial charge in [0.15, 0.2) is 0 Å². The summed E-state index contributed by atoms with van der Waals surface area (Å²) in [6, 6.07) is 17.0. The van der Waals surface area contributed by atoms with Gasteiger partial charge in [-0.1, -0.05) is 29.8 Å². The van der Waals surface area contributed by atoms with Gasteiger partial charge in [-0.05, 0) is 70.8 Å². The zero-order valence-electron chi connectivity index (χ0n) is 17.2. The molecule has 0 fully saturated rings. The Hall–Kier alpha value is -2.93. The molecule has 3 heterocycles. The Kier molecular flexibility index (Phi) is 5.59. The van der Waals surface area contributed by atoms with Gasteiger partial charge in [-0.2, -0.15) is 0 Å². The number of carbonyl (C=O) groups excluding carboxylic acids is 2. The Balaban J connectivity index is 1.44. The topological polar surface area (TPSA) is 49.4 Å². The number of carbonyl (C=O) groups is 2. The number of halogens is 1. The van der Waals surface area contributed by atoms with Crippen LogP contribution in [0.3, 0.4) is 0 Å². The minimum absolute atomic E-state index is 0.159. The first kappa shape index (κ1) is 20.9. The summed E-state index contributed by atoms with van der Waals surface area (Å²) < 4.78 is 0. The van der Waals surface area contributed by atoms with Crippen molar-refractivity contribution in [2.45, 2.75) is 19.9 Å². The third kappa shape index (κ3) is 3.86. The molecule has 160 valence electrons. The largest absolute Gasteiger partial charge is 0.321 e. The van der Waals surface area contributed by atoms with Crippen LogP contribution < -0.4 is 10.2 Å². The molecule has 1 aliphatic heterocycles. The highest BCUT2D eigenvalue weighted by molar-refractivity contribution is 7.12. The molecule has 0 saturated carbocycles. The van der Waals surface area contributed by atoms with Crippen molar-refractivity contribution in [2.75, 3.05) is 10.2 Å². The van der Waals surface area contributed by atoms with E-state index < -0.39 is 0 Å². The van der Waals surface area contributed by atoms with E-state index in [4.69, 9.17) is 11.6 Å². The molecular formula is C25H19ClN2O2S2. The number of nitrogens with zero attached hydrogens (tertiary/aromatic N) is 1. The fraction of sp³-hybridized carbons (Fsp3) is 0.120. The monoisotopic (exact) mass is 478 g/mol. The lowest BCUT2D eigenvalue weighted by molar-refractivity contribution is 0.0984. The first-order chi connectivity index (χ1) is 15.5. The average molecular weight is 479 g/mol. The van der Waals surface area contributed by atoms with E-state index in [1.165, 1.54) is 16.2 Å². The average Bonchev–Trinajstić information content (AvgIpc) is 3.37. The molecule has 0 spiro atoms. The number of para-hydroxylation sites is 1. The number of benzene rings is 2. The molecule has 1 N–H and O–H groups in total. The lowest BCUT2D eigenvalue weighted by atomic mass is 10.1. The van der Waals surface area contributed by atoms with Crippen molar-refractivity contribution in [3.63, 3.8) is 0 Å². The summed E-state index contributed by atoms with van der Waals surface area (Å²) in [5.74, 6) is -0.340. The highest BCUT2D eigenvalue weighted by Gasteiger charge is 2.27. The third-order valence-corrected chi connectivity index (χ3v) is 7.86. The number of fused-ring (bicyclic) bond motifs is 2. The molecule has 2 amide bonds. The van der Waals surface area contributed by atoms with Crippen LogP contribution in [0.2, 0.25) is 5.02 Å². The Morgan fingerprint density at radius 1 is 1.00 bits per heavy atom. The highest BCUT2D eigenvalue weighted by Crippen LogP contribution is 2.35. The van der Waals surface area contributed by atoms with Crippen LogP contribution in [0.5, 0.6) is 0 Å². The summed E-state index contributed by atoms with van der Waals surface area (Å²) in [6.07, 6.45) is 0.813. The molecule has 0 saturated heterocycles. The van der Waals surface area contributed by atoms with Gasteiger partial charge in [0.2, 0.25) is 0 Å². The molecule has 4 nitrogen and oxygen atoms in total. The van der Waals surface area contributed by atoms with Crippen molar-refractivity contribution in [2.24, 2.45) is 0 Å². The first-order valence-corrected chi connectivity index (χ1v) is 12.2. The molecule has 0 unspecified atom stereocenters. The van der Waals surface area contributed by atoms with Crippen molar-refractivity contribution in [1.82, 2.24) is 0 Å². The van der Waals surface area contributed by atoms with E-state index in [0.717, 1.165) is 28.8 Å². The van der Waals surface area contributed by atoms with Gasteiger partial charge in [0.1, 0.15) is 0 Å². The summed E-state index contributed by atoms with van der Waals surface area (Å²) in [5, 5.41) is 7.13. The maximum absolute atomic E-state index is 13.6. The zero-order valence-corrected chi connectivity index (χ0v) is 19.6. The quantitative estimate of drug-likeness (QED) is 0.353. The molecular weight excluding hydrogens is 460 g/mol.